The van der Waals surface area contributed by atoms with Gasteiger partial charge in [0.25, 0.3) is 15.9 Å². The molecule has 9 nitrogen and oxygen atoms in total. The average Bonchev–Trinajstić information content (AvgIpc) is 2.82. The number of amides is 1. The normalized spacial score (nSPS) is 11.3. The lowest BCUT2D eigenvalue weighted by Crippen LogP contribution is -2.40. The van der Waals surface area contributed by atoms with Crippen LogP contribution >= 0.6 is 0 Å². The molecule has 0 aliphatic carbocycles. The predicted molar refractivity (Wildman–Crippen MR) is 118 cm³/mol. The highest BCUT2D eigenvalue weighted by Gasteiger charge is 2.28. The minimum Gasteiger partial charge on any atom is -0.618 e. The number of ether oxygens (including phenoxy) is 1. The van der Waals surface area contributed by atoms with Crippen molar-refractivity contribution in [2.24, 2.45) is 0 Å². The van der Waals surface area contributed by atoms with Gasteiger partial charge in [-0.2, -0.15) is 4.73 Å². The van der Waals surface area contributed by atoms with Gasteiger partial charge in [-0.15, -0.1) is 0 Å². The van der Waals surface area contributed by atoms with Crippen LogP contribution in [0.2, 0.25) is 0 Å². The Labute approximate surface area is 185 Å². The number of aromatic nitrogens is 1. The second-order valence-electron chi connectivity index (χ2n) is 6.57. The van der Waals surface area contributed by atoms with E-state index in [1.807, 2.05) is 0 Å². The van der Waals surface area contributed by atoms with E-state index < -0.39 is 22.5 Å². The number of sulfonamides is 1. The van der Waals surface area contributed by atoms with Gasteiger partial charge in [-0.25, -0.2) is 13.9 Å². The van der Waals surface area contributed by atoms with Crippen molar-refractivity contribution in [2.75, 3.05) is 18.0 Å². The van der Waals surface area contributed by atoms with Gasteiger partial charge >= 0.3 is 0 Å². The van der Waals surface area contributed by atoms with Crippen LogP contribution in [0.3, 0.4) is 0 Å². The molecule has 3 rings (SSSR count). The molecule has 0 fully saturated rings. The maximum atomic E-state index is 13.4. The molecule has 0 saturated heterocycles. The Morgan fingerprint density at radius 3 is 2.44 bits per heavy atom. The number of anilines is 1. The highest BCUT2D eigenvalue weighted by molar-refractivity contribution is 7.92. The van der Waals surface area contributed by atoms with Crippen molar-refractivity contribution in [1.29, 1.82) is 0 Å². The number of pyridine rings is 1. The van der Waals surface area contributed by atoms with Crippen LogP contribution in [0.5, 0.6) is 5.75 Å². The second-order valence-corrected chi connectivity index (χ2v) is 8.43. The molecule has 0 aliphatic heterocycles. The molecule has 0 spiro atoms. The van der Waals surface area contributed by atoms with Gasteiger partial charge in [0.05, 0.1) is 17.7 Å². The number of carbonyl (C=O) groups excluding carboxylic acids is 1. The van der Waals surface area contributed by atoms with Gasteiger partial charge in [-0.05, 0) is 48.0 Å². The van der Waals surface area contributed by atoms with Gasteiger partial charge in [0, 0.05) is 18.2 Å². The summed E-state index contributed by atoms with van der Waals surface area (Å²) in [4.78, 5) is 11.9. The minimum atomic E-state index is -4.19. The molecule has 1 aromatic heterocycles. The number of hydrogen-bond acceptors (Lipinski definition) is 6. The van der Waals surface area contributed by atoms with Crippen LogP contribution in [0.15, 0.2) is 77.8 Å². The van der Waals surface area contributed by atoms with Gasteiger partial charge in [0.1, 0.15) is 12.3 Å². The summed E-state index contributed by atoms with van der Waals surface area (Å²) in [7, 11) is -2.73. The zero-order valence-corrected chi connectivity index (χ0v) is 17.9. The topological polar surface area (TPSA) is 123 Å². The summed E-state index contributed by atoms with van der Waals surface area (Å²) in [5, 5.41) is 20.9. The van der Waals surface area contributed by atoms with E-state index in [4.69, 9.17) is 9.94 Å². The largest absolute Gasteiger partial charge is 0.618 e. The number of methoxy groups -OCH3 is 1. The molecule has 32 heavy (non-hydrogen) atoms. The van der Waals surface area contributed by atoms with E-state index in [1.54, 1.807) is 42.5 Å². The number of carbonyl (C=O) groups is 1. The van der Waals surface area contributed by atoms with Gasteiger partial charge in [-0.1, -0.05) is 18.2 Å². The molecule has 2 aromatic carbocycles. The van der Waals surface area contributed by atoms with E-state index >= 15 is 0 Å². The summed E-state index contributed by atoms with van der Waals surface area (Å²) < 4.78 is 33.4. The van der Waals surface area contributed by atoms with Crippen LogP contribution in [0.1, 0.15) is 11.3 Å². The predicted octanol–water partition coefficient (Wildman–Crippen LogP) is 2.20. The van der Waals surface area contributed by atoms with Crippen LogP contribution in [0, 0.1) is 5.21 Å². The van der Waals surface area contributed by atoms with Gasteiger partial charge < -0.3 is 9.94 Å². The summed E-state index contributed by atoms with van der Waals surface area (Å²) in [6, 6.07) is 17.1. The third kappa shape index (κ3) is 5.05. The Morgan fingerprint density at radius 1 is 1.09 bits per heavy atom. The molecular weight excluding hydrogens is 434 g/mol. The van der Waals surface area contributed by atoms with Crippen LogP contribution in [-0.4, -0.2) is 33.2 Å². The first-order valence-corrected chi connectivity index (χ1v) is 10.9. The number of rotatable bonds is 8. The molecule has 10 heteroatoms. The fraction of sp³-hybridized carbons (Fsp3) is 0.0909. The molecule has 0 radical (unpaired) electrons. The Bertz CT molecular complexity index is 1230. The second kappa shape index (κ2) is 9.94. The third-order valence-corrected chi connectivity index (χ3v) is 6.33. The van der Waals surface area contributed by atoms with Crippen LogP contribution in [0.25, 0.3) is 12.2 Å². The summed E-state index contributed by atoms with van der Waals surface area (Å²) in [5.74, 6) is -0.443. The maximum Gasteiger partial charge on any atom is 0.264 e. The fourth-order valence-electron chi connectivity index (χ4n) is 2.94. The number of hydrogen-bond donors (Lipinski definition) is 2. The van der Waals surface area contributed by atoms with E-state index in [2.05, 4.69) is 0 Å². The molecule has 0 saturated carbocycles. The number of nitrogens with one attached hydrogen (secondary N) is 1. The van der Waals surface area contributed by atoms with Crippen molar-refractivity contribution < 1.29 is 27.9 Å². The van der Waals surface area contributed by atoms with Crippen LogP contribution in [-0.2, 0) is 14.8 Å². The van der Waals surface area contributed by atoms with Crippen molar-refractivity contribution in [1.82, 2.24) is 5.48 Å². The van der Waals surface area contributed by atoms with Crippen LogP contribution in [0.4, 0.5) is 5.69 Å². The number of nitrogens with zero attached hydrogens (tertiary/aromatic N) is 2. The first kappa shape index (κ1) is 22.8. The standard InChI is InChI=1S/C22H21N3O6S/c1-31-19-11-13-20(14-12-19)32(29,30)25(16-22(26)23-27)21-8-3-2-6-17(21)9-10-18-7-4-5-15-24(18)28/h2-15,27H,16H2,1H3,(H,23,26)/b10-9-. The Balaban J connectivity index is 2.08. The molecular formula is C22H21N3O6S. The highest BCUT2D eigenvalue weighted by atomic mass is 32.2. The Hall–Kier alpha value is -3.89. The molecule has 0 unspecified atom stereocenters. The SMILES string of the molecule is COc1ccc(S(=O)(=O)N(CC(=O)NO)c2ccccc2/C=C\c2cccc[n+]2[O-])cc1. The van der Waals surface area contributed by atoms with E-state index in [1.165, 1.54) is 55.2 Å². The number of hydroxylamine groups is 1. The van der Waals surface area contributed by atoms with Crippen molar-refractivity contribution >= 4 is 33.8 Å². The monoisotopic (exact) mass is 455 g/mol. The molecule has 1 amide bonds. The Kier molecular flexibility index (Phi) is 7.08. The quantitative estimate of drug-likeness (QED) is 0.232. The molecule has 2 N–H and O–H groups in total. The van der Waals surface area contributed by atoms with Crippen LogP contribution < -0.4 is 19.3 Å². The lowest BCUT2D eigenvalue weighted by molar-refractivity contribution is -0.607. The van der Waals surface area contributed by atoms with Gasteiger partial charge in [0.15, 0.2) is 6.20 Å². The molecule has 0 bridgehead atoms. The first-order chi connectivity index (χ1) is 15.4. The van der Waals surface area contributed by atoms with Crippen molar-refractivity contribution in [3.05, 3.63) is 89.4 Å². The first-order valence-electron chi connectivity index (χ1n) is 9.42. The van der Waals surface area contributed by atoms with Gasteiger partial charge in [0.2, 0.25) is 5.69 Å². The lowest BCUT2D eigenvalue weighted by atomic mass is 10.1. The zero-order chi connectivity index (χ0) is 23.1. The van der Waals surface area contributed by atoms with E-state index in [0.29, 0.717) is 21.7 Å². The van der Waals surface area contributed by atoms with Gasteiger partial charge in [-0.3, -0.25) is 14.3 Å². The average molecular weight is 455 g/mol. The highest BCUT2D eigenvalue weighted by Crippen LogP contribution is 2.29. The zero-order valence-electron chi connectivity index (χ0n) is 17.1. The third-order valence-electron chi connectivity index (χ3n) is 4.55. The summed E-state index contributed by atoms with van der Waals surface area (Å²) in [6.45, 7) is -0.664. The Morgan fingerprint density at radius 2 is 1.78 bits per heavy atom. The summed E-state index contributed by atoms with van der Waals surface area (Å²) >= 11 is 0. The van der Waals surface area contributed by atoms with Crippen molar-refractivity contribution in [2.45, 2.75) is 4.90 Å². The maximum absolute atomic E-state index is 13.4. The molecule has 0 aliphatic rings. The molecule has 1 heterocycles. The van der Waals surface area contributed by atoms with E-state index in [9.17, 15) is 18.4 Å². The van der Waals surface area contributed by atoms with Crippen molar-refractivity contribution in [3.8, 4) is 5.75 Å². The molecule has 166 valence electrons. The minimum absolute atomic E-state index is 0.0664. The number of para-hydroxylation sites is 1. The van der Waals surface area contributed by atoms with E-state index in [0.717, 1.165) is 4.31 Å². The van der Waals surface area contributed by atoms with E-state index in [-0.39, 0.29) is 10.6 Å². The molecule has 3 aromatic rings. The fourth-order valence-corrected chi connectivity index (χ4v) is 4.39. The smallest absolute Gasteiger partial charge is 0.264 e. The summed E-state index contributed by atoms with van der Waals surface area (Å²) in [6.07, 6.45) is 4.46. The number of benzene rings is 2. The lowest BCUT2D eigenvalue weighted by Gasteiger charge is -2.25. The summed E-state index contributed by atoms with van der Waals surface area (Å²) in [5.41, 5.74) is 2.45. The van der Waals surface area contributed by atoms with Crippen molar-refractivity contribution in [3.63, 3.8) is 0 Å². The molecule has 0 atom stereocenters.